The van der Waals surface area contributed by atoms with Crippen molar-refractivity contribution in [3.05, 3.63) is 151 Å². The van der Waals surface area contributed by atoms with Crippen LogP contribution in [0.15, 0.2) is 140 Å². The van der Waals surface area contributed by atoms with Crippen molar-refractivity contribution in [2.45, 2.75) is 19.3 Å². The molecule has 0 atom stereocenters. The quantitative estimate of drug-likeness (QED) is 0.155. The summed E-state index contributed by atoms with van der Waals surface area (Å²) in [6, 6.07) is 49.4. The minimum Gasteiger partial charge on any atom is -0.208 e. The molecule has 0 spiro atoms. The van der Waals surface area contributed by atoms with Gasteiger partial charge in [0.15, 0.2) is 17.5 Å². The van der Waals surface area contributed by atoms with Gasteiger partial charge < -0.3 is 0 Å². The Morgan fingerprint density at radius 2 is 1.04 bits per heavy atom. The van der Waals surface area contributed by atoms with Crippen LogP contribution in [0.4, 0.5) is 0 Å². The van der Waals surface area contributed by atoms with Gasteiger partial charge in [-0.3, -0.25) is 0 Å². The second kappa shape index (κ2) is 9.67. The molecule has 3 heteroatoms. The van der Waals surface area contributed by atoms with Crippen LogP contribution in [0, 0.1) is 0 Å². The highest BCUT2D eigenvalue weighted by atomic mass is 15.0. The first-order valence-electron chi connectivity index (χ1n) is 15.5. The fourth-order valence-corrected chi connectivity index (χ4v) is 7.34. The minimum absolute atomic E-state index is 0.120. The van der Waals surface area contributed by atoms with E-state index in [-0.39, 0.29) is 5.41 Å². The molecule has 0 bridgehead atoms. The predicted molar refractivity (Wildman–Crippen MR) is 186 cm³/mol. The van der Waals surface area contributed by atoms with Crippen LogP contribution in [0.5, 0.6) is 0 Å². The summed E-state index contributed by atoms with van der Waals surface area (Å²) in [6.07, 6.45) is 0. The molecule has 1 heterocycles. The van der Waals surface area contributed by atoms with Gasteiger partial charge in [-0.2, -0.15) is 0 Å². The van der Waals surface area contributed by atoms with Gasteiger partial charge in [-0.05, 0) is 55.3 Å². The molecule has 1 aliphatic rings. The lowest BCUT2D eigenvalue weighted by Crippen LogP contribution is -2.14. The SMILES string of the molecule is CC1(C)c2ccccc2-c2c(-c3nc(-c4ccccc4)nc(-c4c5ccccc5cc5ccc6ccccc6c45)n3)cccc21. The Hall–Kier alpha value is -5.67. The van der Waals surface area contributed by atoms with E-state index in [4.69, 9.17) is 15.0 Å². The topological polar surface area (TPSA) is 38.7 Å². The third-order valence-electron chi connectivity index (χ3n) is 9.49. The van der Waals surface area contributed by atoms with Crippen molar-refractivity contribution in [1.82, 2.24) is 15.0 Å². The van der Waals surface area contributed by atoms with Crippen molar-refractivity contribution in [1.29, 1.82) is 0 Å². The summed E-state index contributed by atoms with van der Waals surface area (Å²) in [5, 5.41) is 7.00. The number of benzene rings is 7. The van der Waals surface area contributed by atoms with Crippen molar-refractivity contribution in [3.63, 3.8) is 0 Å². The van der Waals surface area contributed by atoms with E-state index < -0.39 is 0 Å². The van der Waals surface area contributed by atoms with E-state index >= 15 is 0 Å². The molecule has 0 amide bonds. The summed E-state index contributed by atoms with van der Waals surface area (Å²) in [5.41, 5.74) is 7.99. The van der Waals surface area contributed by atoms with Gasteiger partial charge in [0, 0.05) is 27.5 Å². The van der Waals surface area contributed by atoms with Crippen molar-refractivity contribution >= 4 is 32.3 Å². The average molecular weight is 576 g/mol. The summed E-state index contributed by atoms with van der Waals surface area (Å²) in [5.74, 6) is 2.03. The first kappa shape index (κ1) is 25.8. The molecule has 7 aromatic carbocycles. The molecule has 3 nitrogen and oxygen atoms in total. The van der Waals surface area contributed by atoms with Crippen molar-refractivity contribution < 1.29 is 0 Å². The van der Waals surface area contributed by atoms with Gasteiger partial charge in [-0.25, -0.2) is 15.0 Å². The Morgan fingerprint density at radius 3 is 1.91 bits per heavy atom. The highest BCUT2D eigenvalue weighted by Gasteiger charge is 2.37. The largest absolute Gasteiger partial charge is 0.208 e. The molecular formula is C42H29N3. The average Bonchev–Trinajstić information content (AvgIpc) is 3.33. The van der Waals surface area contributed by atoms with Crippen molar-refractivity contribution in [3.8, 4) is 45.3 Å². The fourth-order valence-electron chi connectivity index (χ4n) is 7.34. The van der Waals surface area contributed by atoms with Gasteiger partial charge in [0.25, 0.3) is 0 Å². The molecule has 0 saturated heterocycles. The molecule has 0 fully saturated rings. The number of aromatic nitrogens is 3. The second-order valence-electron chi connectivity index (χ2n) is 12.4. The minimum atomic E-state index is -0.120. The summed E-state index contributed by atoms with van der Waals surface area (Å²) in [4.78, 5) is 15.8. The molecule has 8 aromatic rings. The molecule has 0 saturated carbocycles. The van der Waals surface area contributed by atoms with Crippen LogP contribution in [0.3, 0.4) is 0 Å². The highest BCUT2D eigenvalue weighted by Crippen LogP contribution is 2.51. The van der Waals surface area contributed by atoms with Crippen molar-refractivity contribution in [2.24, 2.45) is 0 Å². The summed E-state index contributed by atoms with van der Waals surface area (Å²) in [6.45, 7) is 4.62. The van der Waals surface area contributed by atoms with E-state index in [9.17, 15) is 0 Å². The Bertz CT molecular complexity index is 2460. The summed E-state index contributed by atoms with van der Waals surface area (Å²) in [7, 11) is 0. The van der Waals surface area contributed by atoms with E-state index in [1.807, 2.05) is 18.2 Å². The van der Waals surface area contributed by atoms with Gasteiger partial charge in [0.1, 0.15) is 0 Å². The lowest BCUT2D eigenvalue weighted by atomic mass is 9.82. The standard InChI is InChI=1S/C42H29N3/c1-42(2)34-21-11-10-19-32(34)37-33(20-12-22-35(37)42)40-43-39(27-14-4-3-5-15-27)44-41(45-40)38-31-18-9-7-16-28(31)25-29-24-23-26-13-6-8-17-30(26)36(29)38/h3-25H,1-2H3. The summed E-state index contributed by atoms with van der Waals surface area (Å²) < 4.78 is 0. The maximum Gasteiger partial charge on any atom is 0.165 e. The first-order valence-corrected chi connectivity index (χ1v) is 15.5. The molecule has 0 N–H and O–H groups in total. The van der Waals surface area contributed by atoms with E-state index in [1.165, 1.54) is 38.4 Å². The van der Waals surface area contributed by atoms with E-state index in [1.54, 1.807) is 0 Å². The zero-order valence-electron chi connectivity index (χ0n) is 25.1. The number of nitrogens with zero attached hydrogens (tertiary/aromatic N) is 3. The molecule has 0 unspecified atom stereocenters. The second-order valence-corrected chi connectivity index (χ2v) is 12.4. The van der Waals surface area contributed by atoms with Crippen LogP contribution in [0.25, 0.3) is 77.6 Å². The fraction of sp³-hybridized carbons (Fsp3) is 0.0714. The van der Waals surface area contributed by atoms with Gasteiger partial charge in [0.05, 0.1) is 0 Å². The molecule has 1 aliphatic carbocycles. The van der Waals surface area contributed by atoms with Crippen LogP contribution >= 0.6 is 0 Å². The molecule has 0 aliphatic heterocycles. The van der Waals surface area contributed by atoms with E-state index in [2.05, 4.69) is 135 Å². The Balaban J connectivity index is 1.42. The van der Waals surface area contributed by atoms with Gasteiger partial charge in [-0.15, -0.1) is 0 Å². The van der Waals surface area contributed by atoms with Crippen molar-refractivity contribution in [2.75, 3.05) is 0 Å². The van der Waals surface area contributed by atoms with E-state index in [0.717, 1.165) is 32.8 Å². The number of fused-ring (bicyclic) bond motifs is 7. The van der Waals surface area contributed by atoms with Crippen LogP contribution in [0.1, 0.15) is 25.0 Å². The van der Waals surface area contributed by atoms with E-state index in [0.29, 0.717) is 17.5 Å². The van der Waals surface area contributed by atoms with Crippen LogP contribution in [-0.2, 0) is 5.41 Å². The Labute approximate surface area is 261 Å². The van der Waals surface area contributed by atoms with Crippen LogP contribution in [0.2, 0.25) is 0 Å². The number of hydrogen-bond donors (Lipinski definition) is 0. The maximum absolute atomic E-state index is 5.38. The van der Waals surface area contributed by atoms with Gasteiger partial charge in [0.2, 0.25) is 0 Å². The lowest BCUT2D eigenvalue weighted by molar-refractivity contribution is 0.660. The monoisotopic (exact) mass is 575 g/mol. The Kier molecular flexibility index (Phi) is 5.54. The predicted octanol–water partition coefficient (Wildman–Crippen LogP) is 10.6. The molecule has 45 heavy (non-hydrogen) atoms. The number of hydrogen-bond acceptors (Lipinski definition) is 3. The lowest BCUT2D eigenvalue weighted by Gasteiger charge is -2.21. The molecule has 1 aromatic heterocycles. The number of rotatable bonds is 3. The van der Waals surface area contributed by atoms with Gasteiger partial charge >= 0.3 is 0 Å². The Morgan fingerprint density at radius 1 is 0.422 bits per heavy atom. The van der Waals surface area contributed by atoms with Gasteiger partial charge in [-0.1, -0.05) is 147 Å². The van der Waals surface area contributed by atoms with Crippen LogP contribution in [-0.4, -0.2) is 15.0 Å². The third kappa shape index (κ3) is 3.87. The zero-order chi connectivity index (χ0) is 30.1. The summed E-state index contributed by atoms with van der Waals surface area (Å²) >= 11 is 0. The first-order chi connectivity index (χ1) is 22.1. The third-order valence-corrected chi connectivity index (χ3v) is 9.49. The normalized spacial score (nSPS) is 13.3. The molecule has 9 rings (SSSR count). The zero-order valence-corrected chi connectivity index (χ0v) is 25.1. The smallest absolute Gasteiger partial charge is 0.165 e. The molecule has 0 radical (unpaired) electrons. The molecular weight excluding hydrogens is 546 g/mol. The maximum atomic E-state index is 5.38. The van der Waals surface area contributed by atoms with Crippen LogP contribution < -0.4 is 0 Å². The molecule has 212 valence electrons. The highest BCUT2D eigenvalue weighted by molar-refractivity contribution is 6.21.